The van der Waals surface area contributed by atoms with Crippen LogP contribution in [0.25, 0.3) is 21.7 Å². The molecule has 0 fully saturated rings. The maximum atomic E-state index is 13.4. The van der Waals surface area contributed by atoms with Gasteiger partial charge in [-0.1, -0.05) is 42.1 Å². The van der Waals surface area contributed by atoms with Crippen LogP contribution >= 0.6 is 23.1 Å². The summed E-state index contributed by atoms with van der Waals surface area (Å²) in [7, 11) is 0. The van der Waals surface area contributed by atoms with Crippen LogP contribution < -0.4 is 4.90 Å². The van der Waals surface area contributed by atoms with Crippen molar-refractivity contribution in [1.82, 2.24) is 15.0 Å². The van der Waals surface area contributed by atoms with Crippen LogP contribution in [0.5, 0.6) is 11.6 Å². The van der Waals surface area contributed by atoms with Gasteiger partial charge in [-0.25, -0.2) is 15.0 Å². The van der Waals surface area contributed by atoms with Crippen molar-refractivity contribution in [2.24, 2.45) is 0 Å². The van der Waals surface area contributed by atoms with Crippen molar-refractivity contribution < 1.29 is 14.6 Å². The van der Waals surface area contributed by atoms with Gasteiger partial charge in [0.1, 0.15) is 16.3 Å². The Morgan fingerprint density at radius 1 is 0.947 bits per heavy atom. The van der Waals surface area contributed by atoms with E-state index in [0.29, 0.717) is 23.6 Å². The van der Waals surface area contributed by atoms with Gasteiger partial charge in [-0.15, -0.1) is 11.3 Å². The van der Waals surface area contributed by atoms with Gasteiger partial charge in [0.05, 0.1) is 9.88 Å². The molecular formula is C29H25FN4O2S2. The summed E-state index contributed by atoms with van der Waals surface area (Å²) in [6, 6.07) is 20.4. The Labute approximate surface area is 228 Å². The Kier molecular flexibility index (Phi) is 7.31. The zero-order valence-electron chi connectivity index (χ0n) is 21.0. The lowest BCUT2D eigenvalue weighted by Gasteiger charge is -2.27. The van der Waals surface area contributed by atoms with Crippen LogP contribution in [0.15, 0.2) is 82.7 Å². The van der Waals surface area contributed by atoms with Crippen LogP contribution in [0.2, 0.25) is 0 Å². The number of aromatic nitrogens is 3. The van der Waals surface area contributed by atoms with E-state index in [0.717, 1.165) is 31.6 Å². The van der Waals surface area contributed by atoms with Crippen LogP contribution in [-0.4, -0.2) is 31.7 Å². The summed E-state index contributed by atoms with van der Waals surface area (Å²) in [6.45, 7) is 6.24. The molecule has 5 aromatic rings. The molecule has 38 heavy (non-hydrogen) atoms. The largest absolute Gasteiger partial charge is 0.504 e. The number of pyridine rings is 2. The molecule has 0 aliphatic rings. The fraction of sp³-hybridized carbons (Fsp3) is 0.138. The number of halogens is 1. The van der Waals surface area contributed by atoms with Crippen LogP contribution in [0.3, 0.4) is 0 Å². The van der Waals surface area contributed by atoms with E-state index in [-0.39, 0.29) is 16.5 Å². The third kappa shape index (κ3) is 5.07. The number of thiazole rings is 1. The monoisotopic (exact) mass is 544 g/mol. The van der Waals surface area contributed by atoms with Gasteiger partial charge in [0.15, 0.2) is 5.75 Å². The van der Waals surface area contributed by atoms with E-state index in [2.05, 4.69) is 15.0 Å². The fourth-order valence-corrected chi connectivity index (χ4v) is 5.87. The molecule has 3 aromatic heterocycles. The van der Waals surface area contributed by atoms with Gasteiger partial charge in [-0.3, -0.25) is 0 Å². The maximum absolute atomic E-state index is 13.4. The highest BCUT2D eigenvalue weighted by Gasteiger charge is 2.26. The first-order valence-electron chi connectivity index (χ1n) is 12.0. The molecule has 0 aliphatic carbocycles. The Bertz CT molecular complexity index is 1590. The molecule has 2 N–H and O–H groups in total. The van der Waals surface area contributed by atoms with Gasteiger partial charge < -0.3 is 15.1 Å². The van der Waals surface area contributed by atoms with E-state index in [1.165, 1.54) is 29.2 Å². The number of para-hydroxylation sites is 1. The number of hydrogen-bond acceptors (Lipinski definition) is 8. The van der Waals surface area contributed by atoms with Gasteiger partial charge in [0.25, 0.3) is 0 Å². The normalized spacial score (nSPS) is 11.1. The molecule has 0 saturated carbocycles. The summed E-state index contributed by atoms with van der Waals surface area (Å²) in [6.07, 6.45) is 1.71. The summed E-state index contributed by atoms with van der Waals surface area (Å²) >= 11 is 2.67. The lowest BCUT2D eigenvalue weighted by Crippen LogP contribution is -2.17. The van der Waals surface area contributed by atoms with Crippen molar-refractivity contribution in [1.29, 1.82) is 0 Å². The van der Waals surface area contributed by atoms with E-state index >= 15 is 0 Å². The van der Waals surface area contributed by atoms with Crippen LogP contribution in [0.1, 0.15) is 17.6 Å². The standard InChI is InChI=1S/C29H25FN4O2S2/c1-4-34(20-8-6-5-7-9-20)26-25(23-16-31-18(3)37-23)33-29(36)28(27(26)35)38-21-12-10-19(11-13-21)22-14-15-24(30)32-17(22)2/h5-16H,4H2,1-3H3,(H2,33,35,36). The molecule has 0 atom stereocenters. The predicted octanol–water partition coefficient (Wildman–Crippen LogP) is 7.74. The zero-order valence-corrected chi connectivity index (χ0v) is 22.6. The number of aromatic hydroxyl groups is 2. The number of nitrogens with zero attached hydrogens (tertiary/aromatic N) is 4. The summed E-state index contributed by atoms with van der Waals surface area (Å²) in [4.78, 5) is 16.6. The molecule has 0 unspecified atom stereocenters. The number of hydrogen-bond donors (Lipinski definition) is 2. The molecule has 0 radical (unpaired) electrons. The molecular weight excluding hydrogens is 519 g/mol. The molecule has 2 aromatic carbocycles. The van der Waals surface area contributed by atoms with Gasteiger partial charge in [0.2, 0.25) is 11.8 Å². The molecule has 0 amide bonds. The first-order chi connectivity index (χ1) is 18.4. The van der Waals surface area contributed by atoms with Gasteiger partial charge >= 0.3 is 0 Å². The number of benzene rings is 2. The molecule has 9 heteroatoms. The van der Waals surface area contributed by atoms with Crippen molar-refractivity contribution in [2.75, 3.05) is 11.4 Å². The highest BCUT2D eigenvalue weighted by atomic mass is 32.2. The summed E-state index contributed by atoms with van der Waals surface area (Å²) in [5, 5.41) is 23.5. The van der Waals surface area contributed by atoms with Gasteiger partial charge in [-0.2, -0.15) is 4.39 Å². The van der Waals surface area contributed by atoms with Crippen molar-refractivity contribution in [3.8, 4) is 33.3 Å². The first kappa shape index (κ1) is 25.7. The molecule has 0 spiro atoms. The van der Waals surface area contributed by atoms with Gasteiger partial charge in [0, 0.05) is 34.6 Å². The Balaban J connectivity index is 1.57. The smallest absolute Gasteiger partial charge is 0.229 e. The van der Waals surface area contributed by atoms with Crippen molar-refractivity contribution in [2.45, 2.75) is 30.6 Å². The van der Waals surface area contributed by atoms with E-state index in [1.54, 1.807) is 19.2 Å². The maximum Gasteiger partial charge on any atom is 0.229 e. The lowest BCUT2D eigenvalue weighted by molar-refractivity contribution is 0.414. The summed E-state index contributed by atoms with van der Waals surface area (Å²) < 4.78 is 13.4. The average Bonchev–Trinajstić information content (AvgIpc) is 3.35. The highest BCUT2D eigenvalue weighted by Crippen LogP contribution is 2.51. The second-order valence-electron chi connectivity index (χ2n) is 8.53. The fourth-order valence-electron chi connectivity index (χ4n) is 4.26. The van der Waals surface area contributed by atoms with E-state index < -0.39 is 5.95 Å². The van der Waals surface area contributed by atoms with Crippen molar-refractivity contribution in [3.63, 3.8) is 0 Å². The van der Waals surface area contributed by atoms with E-state index in [4.69, 9.17) is 0 Å². The summed E-state index contributed by atoms with van der Waals surface area (Å²) in [5.74, 6) is -0.831. The summed E-state index contributed by atoms with van der Waals surface area (Å²) in [5.41, 5.74) is 4.20. The lowest BCUT2D eigenvalue weighted by atomic mass is 10.1. The predicted molar refractivity (Wildman–Crippen MR) is 151 cm³/mol. The Morgan fingerprint density at radius 3 is 2.32 bits per heavy atom. The third-order valence-electron chi connectivity index (χ3n) is 6.03. The SMILES string of the molecule is CCN(c1ccccc1)c1c(-c2cnc(C)s2)nc(O)c(Sc2ccc(-c3ccc(F)nc3C)cc2)c1O. The second kappa shape index (κ2) is 10.8. The quantitative estimate of drug-likeness (QED) is 0.203. The number of rotatable bonds is 7. The highest BCUT2D eigenvalue weighted by molar-refractivity contribution is 7.99. The van der Waals surface area contributed by atoms with Crippen molar-refractivity contribution in [3.05, 3.63) is 89.6 Å². The molecule has 5 rings (SSSR count). The van der Waals surface area contributed by atoms with Crippen LogP contribution in [0, 0.1) is 19.8 Å². The van der Waals surface area contributed by atoms with Crippen LogP contribution in [0.4, 0.5) is 15.8 Å². The number of aryl methyl sites for hydroxylation is 2. The molecule has 6 nitrogen and oxygen atoms in total. The molecule has 3 heterocycles. The topological polar surface area (TPSA) is 82.4 Å². The minimum Gasteiger partial charge on any atom is -0.504 e. The molecule has 0 saturated heterocycles. The Morgan fingerprint density at radius 2 is 1.68 bits per heavy atom. The minimum atomic E-state index is -0.513. The second-order valence-corrected chi connectivity index (χ2v) is 10.8. The first-order valence-corrected chi connectivity index (χ1v) is 13.6. The minimum absolute atomic E-state index is 0.0584. The average molecular weight is 545 g/mol. The zero-order chi connectivity index (χ0) is 26.8. The molecule has 192 valence electrons. The van der Waals surface area contributed by atoms with Crippen LogP contribution in [-0.2, 0) is 0 Å². The van der Waals surface area contributed by atoms with E-state index in [9.17, 15) is 14.6 Å². The van der Waals surface area contributed by atoms with E-state index in [1.807, 2.05) is 73.3 Å². The third-order valence-corrected chi connectivity index (χ3v) is 8.04. The molecule has 0 aliphatic heterocycles. The van der Waals surface area contributed by atoms with Gasteiger partial charge in [-0.05, 0) is 62.7 Å². The Hall–Kier alpha value is -3.95. The number of anilines is 2. The van der Waals surface area contributed by atoms with Crippen molar-refractivity contribution >= 4 is 34.5 Å². The molecule has 0 bridgehead atoms.